The Bertz CT molecular complexity index is 439. The molecule has 0 amide bonds. The molecule has 1 aromatic carbocycles. The molecule has 0 bridgehead atoms. The first-order valence-corrected chi connectivity index (χ1v) is 7.35. The van der Waals surface area contributed by atoms with Crippen molar-refractivity contribution in [1.82, 2.24) is 0 Å². The van der Waals surface area contributed by atoms with Crippen LogP contribution in [-0.4, -0.2) is 14.2 Å². The Morgan fingerprint density at radius 1 is 1.05 bits per heavy atom. The molecular weight excluding hydrogens is 272 g/mol. The number of benzene rings is 1. The van der Waals surface area contributed by atoms with E-state index in [2.05, 4.69) is 0 Å². The minimum absolute atomic E-state index is 0.600. The highest BCUT2D eigenvalue weighted by molar-refractivity contribution is 7.99. The van der Waals surface area contributed by atoms with Crippen LogP contribution in [0.3, 0.4) is 0 Å². The lowest BCUT2D eigenvalue weighted by Crippen LogP contribution is -1.93. The summed E-state index contributed by atoms with van der Waals surface area (Å²) in [5.74, 6) is 1.90. The summed E-state index contributed by atoms with van der Waals surface area (Å²) in [6.45, 7) is 7.94. The maximum atomic E-state index is 5.67. The van der Waals surface area contributed by atoms with E-state index < -0.39 is 0 Å². The van der Waals surface area contributed by atoms with Crippen molar-refractivity contribution in [1.29, 1.82) is 0 Å². The van der Waals surface area contributed by atoms with Crippen molar-refractivity contribution in [3.8, 4) is 17.2 Å². The zero-order valence-corrected chi connectivity index (χ0v) is 13.9. The van der Waals surface area contributed by atoms with Crippen LogP contribution >= 0.6 is 12.0 Å². The highest BCUT2D eigenvalue weighted by atomic mass is 32.2. The Balaban J connectivity index is 0.00000172. The lowest BCUT2D eigenvalue weighted by molar-refractivity contribution is 0.346. The van der Waals surface area contributed by atoms with Gasteiger partial charge in [0.05, 0.1) is 26.3 Å². The molecule has 4 heteroatoms. The molecule has 0 aliphatic carbocycles. The number of methoxy groups -OCH3 is 2. The third-order valence-electron chi connectivity index (χ3n) is 2.21. The second-order valence-electron chi connectivity index (χ2n) is 3.35. The predicted molar refractivity (Wildman–Crippen MR) is 87.7 cm³/mol. The van der Waals surface area contributed by atoms with Crippen LogP contribution in [0.1, 0.15) is 27.7 Å². The van der Waals surface area contributed by atoms with Gasteiger partial charge >= 0.3 is 0 Å². The summed E-state index contributed by atoms with van der Waals surface area (Å²) < 4.78 is 16.2. The number of rotatable bonds is 6. The van der Waals surface area contributed by atoms with Gasteiger partial charge in [0.25, 0.3) is 0 Å². The molecule has 0 N–H and O–H groups in total. The number of ether oxygens (including phenoxy) is 2. The standard InChI is InChI=1S/C14H18O3S.C2H6/c1-5-8-11(6-2)18-17-13-10-7-9-12(15-3)14(13)16-4;1-2/h5-10H,1-4H3;1-2H3/b8-5-,11-6+;. The number of hydrogen-bond acceptors (Lipinski definition) is 4. The molecule has 0 aliphatic rings. The van der Waals surface area contributed by atoms with E-state index in [9.17, 15) is 0 Å². The molecule has 0 fully saturated rings. The van der Waals surface area contributed by atoms with E-state index in [4.69, 9.17) is 13.7 Å². The van der Waals surface area contributed by atoms with Crippen LogP contribution in [0.15, 0.2) is 41.3 Å². The molecule has 0 radical (unpaired) electrons. The summed E-state index contributed by atoms with van der Waals surface area (Å²) in [5, 5.41) is 0. The van der Waals surface area contributed by atoms with Gasteiger partial charge in [-0.3, -0.25) is 0 Å². The zero-order valence-electron chi connectivity index (χ0n) is 13.1. The number of allylic oxidation sites excluding steroid dienone is 3. The van der Waals surface area contributed by atoms with E-state index in [1.165, 1.54) is 12.0 Å². The van der Waals surface area contributed by atoms with Gasteiger partial charge in [0.1, 0.15) is 0 Å². The van der Waals surface area contributed by atoms with E-state index >= 15 is 0 Å². The highest BCUT2D eigenvalue weighted by Gasteiger charge is 2.11. The topological polar surface area (TPSA) is 27.7 Å². The van der Waals surface area contributed by atoms with Gasteiger partial charge in [0.15, 0.2) is 11.5 Å². The summed E-state index contributed by atoms with van der Waals surface area (Å²) in [6, 6.07) is 5.54. The Kier molecular flexibility index (Phi) is 10.4. The summed E-state index contributed by atoms with van der Waals surface area (Å²) in [7, 11) is 3.20. The Labute approximate surface area is 126 Å². The molecule has 112 valence electrons. The quantitative estimate of drug-likeness (QED) is 0.530. The fraction of sp³-hybridized carbons (Fsp3) is 0.375. The van der Waals surface area contributed by atoms with Crippen LogP contribution in [0.25, 0.3) is 0 Å². The van der Waals surface area contributed by atoms with Crippen LogP contribution in [0, 0.1) is 0 Å². The van der Waals surface area contributed by atoms with Crippen molar-refractivity contribution < 1.29 is 13.7 Å². The summed E-state index contributed by atoms with van der Waals surface area (Å²) in [6.07, 6.45) is 5.93. The van der Waals surface area contributed by atoms with Crippen molar-refractivity contribution in [2.24, 2.45) is 0 Å². The summed E-state index contributed by atoms with van der Waals surface area (Å²) >= 11 is 1.29. The second-order valence-corrected chi connectivity index (χ2v) is 4.15. The van der Waals surface area contributed by atoms with E-state index in [1.807, 2.05) is 64.1 Å². The van der Waals surface area contributed by atoms with Gasteiger partial charge in [-0.15, -0.1) is 0 Å². The van der Waals surface area contributed by atoms with Crippen molar-refractivity contribution in [2.45, 2.75) is 27.7 Å². The van der Waals surface area contributed by atoms with Gasteiger partial charge in [-0.1, -0.05) is 32.1 Å². The maximum Gasteiger partial charge on any atom is 0.204 e. The lowest BCUT2D eigenvalue weighted by atomic mass is 10.3. The Morgan fingerprint density at radius 3 is 2.20 bits per heavy atom. The van der Waals surface area contributed by atoms with Crippen LogP contribution < -0.4 is 13.7 Å². The van der Waals surface area contributed by atoms with Crippen molar-refractivity contribution in [3.05, 3.63) is 41.3 Å². The molecule has 3 nitrogen and oxygen atoms in total. The van der Waals surface area contributed by atoms with Gasteiger partial charge in [-0.2, -0.15) is 0 Å². The van der Waals surface area contributed by atoms with E-state index in [0.29, 0.717) is 17.2 Å². The van der Waals surface area contributed by atoms with Crippen LogP contribution in [-0.2, 0) is 0 Å². The van der Waals surface area contributed by atoms with Gasteiger partial charge < -0.3 is 13.7 Å². The lowest BCUT2D eigenvalue weighted by Gasteiger charge is -2.12. The van der Waals surface area contributed by atoms with E-state index in [-0.39, 0.29) is 0 Å². The summed E-state index contributed by atoms with van der Waals surface area (Å²) in [4.78, 5) is 1.03. The van der Waals surface area contributed by atoms with Gasteiger partial charge in [-0.05, 0) is 32.1 Å². The van der Waals surface area contributed by atoms with Gasteiger partial charge in [0, 0.05) is 4.91 Å². The molecule has 0 aromatic heterocycles. The first-order valence-electron chi connectivity index (χ1n) is 6.61. The molecule has 0 unspecified atom stereocenters. The zero-order chi connectivity index (χ0) is 15.4. The third kappa shape index (κ3) is 5.61. The van der Waals surface area contributed by atoms with E-state index in [0.717, 1.165) is 4.91 Å². The molecule has 1 aromatic rings. The molecule has 0 saturated heterocycles. The number of hydrogen-bond donors (Lipinski definition) is 0. The average molecular weight is 296 g/mol. The van der Waals surface area contributed by atoms with Crippen LogP contribution in [0.2, 0.25) is 0 Å². The molecule has 1 rings (SSSR count). The van der Waals surface area contributed by atoms with Gasteiger partial charge in [-0.25, -0.2) is 0 Å². The van der Waals surface area contributed by atoms with Crippen molar-refractivity contribution in [2.75, 3.05) is 14.2 Å². The highest BCUT2D eigenvalue weighted by Crippen LogP contribution is 2.39. The first-order chi connectivity index (χ1) is 9.76. The molecule has 0 spiro atoms. The fourth-order valence-corrected chi connectivity index (χ4v) is 1.96. The first kappa shape index (κ1) is 18.4. The second kappa shape index (κ2) is 11.3. The minimum Gasteiger partial charge on any atom is -0.493 e. The van der Waals surface area contributed by atoms with Crippen LogP contribution in [0.4, 0.5) is 0 Å². The van der Waals surface area contributed by atoms with Crippen molar-refractivity contribution >= 4 is 12.0 Å². The number of para-hydroxylation sites is 1. The molecular formula is C16H24O3S. The van der Waals surface area contributed by atoms with Crippen molar-refractivity contribution in [3.63, 3.8) is 0 Å². The Hall–Kier alpha value is -1.55. The monoisotopic (exact) mass is 296 g/mol. The summed E-state index contributed by atoms with van der Waals surface area (Å²) in [5.41, 5.74) is 0. The molecule has 20 heavy (non-hydrogen) atoms. The van der Waals surface area contributed by atoms with Gasteiger partial charge in [0.2, 0.25) is 5.75 Å². The normalized spacial score (nSPS) is 10.8. The van der Waals surface area contributed by atoms with E-state index in [1.54, 1.807) is 14.2 Å². The molecule has 0 saturated carbocycles. The fourth-order valence-electron chi connectivity index (χ4n) is 1.35. The average Bonchev–Trinajstić information content (AvgIpc) is 2.52. The third-order valence-corrected chi connectivity index (χ3v) is 3.04. The van der Waals surface area contributed by atoms with Crippen LogP contribution in [0.5, 0.6) is 17.2 Å². The largest absolute Gasteiger partial charge is 0.493 e. The maximum absolute atomic E-state index is 5.67. The molecule has 0 atom stereocenters. The Morgan fingerprint density at radius 2 is 1.70 bits per heavy atom. The predicted octanol–water partition coefficient (Wildman–Crippen LogP) is 5.24. The molecule has 0 heterocycles. The minimum atomic E-state index is 0.600. The SMILES string of the molecule is C/C=C\C(=C/C)SOc1cccc(OC)c1OC.CC. The molecule has 0 aliphatic heterocycles. The smallest absolute Gasteiger partial charge is 0.204 e.